The highest BCUT2D eigenvalue weighted by molar-refractivity contribution is 5.97. The van der Waals surface area contributed by atoms with Crippen LogP contribution in [-0.2, 0) is 14.1 Å². The average molecular weight is 381 g/mol. The molecule has 0 saturated carbocycles. The van der Waals surface area contributed by atoms with Gasteiger partial charge in [-0.15, -0.1) is 0 Å². The van der Waals surface area contributed by atoms with E-state index < -0.39 is 0 Å². The first kappa shape index (κ1) is 20.2. The quantitative estimate of drug-likeness (QED) is 0.633. The molecule has 0 unspecified atom stereocenters. The average Bonchev–Trinajstić information content (AvgIpc) is 2.89. The number of rotatable bonds is 6. The van der Waals surface area contributed by atoms with Crippen LogP contribution in [0.5, 0.6) is 0 Å². The van der Waals surface area contributed by atoms with Gasteiger partial charge in [0.05, 0.1) is 5.39 Å². The maximum absolute atomic E-state index is 13.5. The third-order valence-corrected chi connectivity index (χ3v) is 5.60. The minimum absolute atomic E-state index is 0.0240. The van der Waals surface area contributed by atoms with Crippen LogP contribution in [0.4, 0.5) is 5.95 Å². The van der Waals surface area contributed by atoms with E-state index in [1.165, 1.54) is 11.1 Å². The smallest absolute Gasteiger partial charge is 0.264 e. The fourth-order valence-corrected chi connectivity index (χ4v) is 4.11. The van der Waals surface area contributed by atoms with Gasteiger partial charge in [0.15, 0.2) is 0 Å². The minimum atomic E-state index is 0.0240. The lowest BCUT2D eigenvalue weighted by Gasteiger charge is -2.24. The summed E-state index contributed by atoms with van der Waals surface area (Å²) in [5.41, 5.74) is 6.38. The van der Waals surface area contributed by atoms with E-state index in [2.05, 4.69) is 62.3 Å². The molecule has 0 aliphatic heterocycles. The van der Waals surface area contributed by atoms with Crippen molar-refractivity contribution in [1.29, 1.82) is 0 Å². The van der Waals surface area contributed by atoms with Gasteiger partial charge in [0.1, 0.15) is 5.65 Å². The lowest BCUT2D eigenvalue weighted by atomic mass is 9.97. The van der Waals surface area contributed by atoms with Crippen LogP contribution in [0.1, 0.15) is 43.5 Å². The number of aryl methyl sites for hydroxylation is 3. The Kier molecular flexibility index (Phi) is 5.64. The first-order chi connectivity index (χ1) is 13.3. The van der Waals surface area contributed by atoms with Crippen molar-refractivity contribution in [2.24, 2.45) is 14.1 Å². The number of benzene rings is 1. The predicted molar refractivity (Wildman–Crippen MR) is 118 cm³/mol. The molecule has 1 aromatic carbocycles. The summed E-state index contributed by atoms with van der Waals surface area (Å²) in [5.74, 6) is 0.758. The van der Waals surface area contributed by atoms with Gasteiger partial charge in [-0.3, -0.25) is 9.36 Å². The molecule has 2 aromatic heterocycles. The summed E-state index contributed by atoms with van der Waals surface area (Å²) in [6.45, 7) is 12.4. The molecule has 0 N–H and O–H groups in total. The van der Waals surface area contributed by atoms with Crippen LogP contribution in [0.3, 0.4) is 0 Å². The van der Waals surface area contributed by atoms with E-state index in [9.17, 15) is 4.79 Å². The Morgan fingerprint density at radius 3 is 2.21 bits per heavy atom. The molecule has 0 aliphatic carbocycles. The number of nitrogens with zero attached hydrogens (tertiary/aromatic N) is 4. The normalized spacial score (nSPS) is 11.4. The van der Waals surface area contributed by atoms with E-state index in [1.807, 2.05) is 14.1 Å². The molecule has 150 valence electrons. The largest absolute Gasteiger partial charge is 0.342 e. The zero-order chi connectivity index (χ0) is 20.6. The predicted octanol–water partition coefficient (Wildman–Crippen LogP) is 4.49. The Balaban J connectivity index is 2.34. The molecule has 2 heterocycles. The second-order valence-electron chi connectivity index (χ2n) is 7.80. The van der Waals surface area contributed by atoms with Crippen molar-refractivity contribution in [2.45, 2.75) is 47.5 Å². The minimum Gasteiger partial charge on any atom is -0.342 e. The highest BCUT2D eigenvalue weighted by Gasteiger charge is 2.23. The number of hydrogen-bond acceptors (Lipinski definition) is 3. The van der Waals surface area contributed by atoms with Crippen LogP contribution in [-0.4, -0.2) is 27.2 Å². The topological polar surface area (TPSA) is 43.1 Å². The SMILES string of the molecule is CCCN(CCC)c1nc2c(c(-c3ccc(C)cc3C)c(C)n2C)c(=O)n1C. The van der Waals surface area contributed by atoms with Gasteiger partial charge in [-0.1, -0.05) is 37.6 Å². The van der Waals surface area contributed by atoms with Crippen LogP contribution in [0, 0.1) is 20.8 Å². The van der Waals surface area contributed by atoms with Gasteiger partial charge in [-0.2, -0.15) is 4.98 Å². The zero-order valence-electron chi connectivity index (χ0n) is 18.3. The number of aromatic nitrogens is 3. The summed E-state index contributed by atoms with van der Waals surface area (Å²) in [6.07, 6.45) is 2.04. The lowest BCUT2D eigenvalue weighted by Crippen LogP contribution is -2.33. The summed E-state index contributed by atoms with van der Waals surface area (Å²) in [6, 6.07) is 6.40. The monoisotopic (exact) mass is 380 g/mol. The Bertz CT molecular complexity index is 1070. The maximum Gasteiger partial charge on any atom is 0.264 e. The molecule has 0 spiro atoms. The van der Waals surface area contributed by atoms with Crippen LogP contribution in [0.25, 0.3) is 22.2 Å². The molecule has 0 fully saturated rings. The van der Waals surface area contributed by atoms with Crippen LogP contribution >= 0.6 is 0 Å². The van der Waals surface area contributed by atoms with E-state index in [-0.39, 0.29) is 5.56 Å². The van der Waals surface area contributed by atoms with Gasteiger partial charge in [0.2, 0.25) is 5.95 Å². The molecular formula is C23H32N4O. The Morgan fingerprint density at radius 2 is 1.64 bits per heavy atom. The van der Waals surface area contributed by atoms with Gasteiger partial charge in [0.25, 0.3) is 5.56 Å². The van der Waals surface area contributed by atoms with Gasteiger partial charge in [-0.25, -0.2) is 0 Å². The zero-order valence-corrected chi connectivity index (χ0v) is 18.3. The second-order valence-corrected chi connectivity index (χ2v) is 7.80. The van der Waals surface area contributed by atoms with E-state index in [1.54, 1.807) is 4.57 Å². The van der Waals surface area contributed by atoms with Crippen LogP contribution in [0.15, 0.2) is 23.0 Å². The molecule has 0 radical (unpaired) electrons. The number of hydrogen-bond donors (Lipinski definition) is 0. The number of fused-ring (bicyclic) bond motifs is 1. The van der Waals surface area contributed by atoms with E-state index in [0.717, 1.165) is 54.3 Å². The maximum atomic E-state index is 13.5. The standard InChI is InChI=1S/C23H32N4O/c1-8-12-27(13-9-2)23-24-21-20(22(28)26(23)7)19(17(5)25(21)6)18-11-10-15(3)14-16(18)4/h10-11,14H,8-9,12-13H2,1-7H3. The Morgan fingerprint density at radius 1 is 1.00 bits per heavy atom. The summed E-state index contributed by atoms with van der Waals surface area (Å²) < 4.78 is 3.78. The van der Waals surface area contributed by atoms with Crippen molar-refractivity contribution in [3.8, 4) is 11.1 Å². The van der Waals surface area contributed by atoms with Crippen LogP contribution in [0.2, 0.25) is 0 Å². The Labute approximate surface area is 167 Å². The summed E-state index contributed by atoms with van der Waals surface area (Å²) in [7, 11) is 3.85. The Hall–Kier alpha value is -2.56. The molecule has 0 bridgehead atoms. The van der Waals surface area contributed by atoms with Crippen molar-refractivity contribution in [2.75, 3.05) is 18.0 Å². The van der Waals surface area contributed by atoms with Crippen molar-refractivity contribution in [3.05, 3.63) is 45.4 Å². The van der Waals surface area contributed by atoms with E-state index >= 15 is 0 Å². The first-order valence-electron chi connectivity index (χ1n) is 10.2. The van der Waals surface area contributed by atoms with Crippen LogP contribution < -0.4 is 10.5 Å². The van der Waals surface area contributed by atoms with Gasteiger partial charge < -0.3 is 9.47 Å². The van der Waals surface area contributed by atoms with Crippen molar-refractivity contribution >= 4 is 17.0 Å². The third kappa shape index (κ3) is 3.23. The molecule has 3 aromatic rings. The van der Waals surface area contributed by atoms with Gasteiger partial charge >= 0.3 is 0 Å². The fourth-order valence-electron chi connectivity index (χ4n) is 4.11. The molecule has 28 heavy (non-hydrogen) atoms. The first-order valence-corrected chi connectivity index (χ1v) is 10.2. The summed E-state index contributed by atoms with van der Waals surface area (Å²) >= 11 is 0. The third-order valence-electron chi connectivity index (χ3n) is 5.60. The molecule has 0 aliphatic rings. The summed E-state index contributed by atoms with van der Waals surface area (Å²) in [5, 5.41) is 0.714. The van der Waals surface area contributed by atoms with E-state index in [4.69, 9.17) is 4.98 Å². The fraction of sp³-hybridized carbons (Fsp3) is 0.478. The molecule has 0 saturated heterocycles. The van der Waals surface area contributed by atoms with Gasteiger partial charge in [0, 0.05) is 38.4 Å². The molecule has 0 amide bonds. The van der Waals surface area contributed by atoms with E-state index in [0.29, 0.717) is 5.39 Å². The van der Waals surface area contributed by atoms with Crippen molar-refractivity contribution in [3.63, 3.8) is 0 Å². The summed E-state index contributed by atoms with van der Waals surface area (Å²) in [4.78, 5) is 20.7. The molecule has 5 nitrogen and oxygen atoms in total. The van der Waals surface area contributed by atoms with Gasteiger partial charge in [-0.05, 0) is 44.7 Å². The number of anilines is 1. The lowest BCUT2D eigenvalue weighted by molar-refractivity contribution is 0.683. The van der Waals surface area contributed by atoms with Crippen molar-refractivity contribution in [1.82, 2.24) is 14.1 Å². The highest BCUT2D eigenvalue weighted by atomic mass is 16.1. The second kappa shape index (κ2) is 7.82. The van der Waals surface area contributed by atoms with Crippen molar-refractivity contribution < 1.29 is 0 Å². The molecule has 5 heteroatoms. The highest BCUT2D eigenvalue weighted by Crippen LogP contribution is 2.34. The molecular weight excluding hydrogens is 348 g/mol. The molecule has 0 atom stereocenters. The molecule has 3 rings (SSSR count).